The van der Waals surface area contributed by atoms with Crippen LogP contribution in [0.1, 0.15) is 32.8 Å². The Balaban J connectivity index is 1.59. The third-order valence-electron chi connectivity index (χ3n) is 6.13. The average Bonchev–Trinajstić information content (AvgIpc) is 3.40. The van der Waals surface area contributed by atoms with Crippen molar-refractivity contribution in [1.82, 2.24) is 19.7 Å². The molecule has 0 aliphatic carbocycles. The molecular formula is C25H30N4O3S2. The summed E-state index contributed by atoms with van der Waals surface area (Å²) >= 11 is 1.31. The lowest BCUT2D eigenvalue weighted by Gasteiger charge is -2.23. The van der Waals surface area contributed by atoms with Crippen LogP contribution in [-0.4, -0.2) is 64.3 Å². The summed E-state index contributed by atoms with van der Waals surface area (Å²) in [6, 6.07) is 17.9. The number of amides is 1. The third kappa shape index (κ3) is 5.36. The molecular weight excluding hydrogens is 468 g/mol. The van der Waals surface area contributed by atoms with Crippen LogP contribution >= 0.6 is 11.8 Å². The van der Waals surface area contributed by atoms with Gasteiger partial charge in [0.2, 0.25) is 5.91 Å². The van der Waals surface area contributed by atoms with Crippen molar-refractivity contribution in [3.63, 3.8) is 0 Å². The van der Waals surface area contributed by atoms with Crippen LogP contribution in [0.5, 0.6) is 0 Å². The molecule has 1 aliphatic rings. The molecule has 3 aromatic rings. The van der Waals surface area contributed by atoms with E-state index in [1.54, 1.807) is 11.9 Å². The maximum Gasteiger partial charge on any atom is 0.233 e. The number of para-hydroxylation sites is 1. The quantitative estimate of drug-likeness (QED) is 0.478. The second-order valence-corrected chi connectivity index (χ2v) is 12.8. The second-order valence-electron chi connectivity index (χ2n) is 9.65. The highest BCUT2D eigenvalue weighted by molar-refractivity contribution is 7.99. The van der Waals surface area contributed by atoms with E-state index in [0.717, 1.165) is 11.3 Å². The molecule has 1 saturated heterocycles. The first-order valence-corrected chi connectivity index (χ1v) is 14.1. The van der Waals surface area contributed by atoms with Gasteiger partial charge in [-0.2, -0.15) is 0 Å². The van der Waals surface area contributed by atoms with Gasteiger partial charge in [-0.3, -0.25) is 9.36 Å². The Labute approximate surface area is 205 Å². The fourth-order valence-electron chi connectivity index (χ4n) is 3.99. The molecule has 0 spiro atoms. The zero-order valence-corrected chi connectivity index (χ0v) is 21.6. The lowest BCUT2D eigenvalue weighted by atomic mass is 9.87. The smallest absolute Gasteiger partial charge is 0.233 e. The van der Waals surface area contributed by atoms with Gasteiger partial charge in [-0.05, 0) is 29.5 Å². The van der Waals surface area contributed by atoms with Gasteiger partial charge < -0.3 is 4.90 Å². The van der Waals surface area contributed by atoms with Crippen LogP contribution in [0.15, 0.2) is 59.8 Å². The Morgan fingerprint density at radius 3 is 2.35 bits per heavy atom. The molecule has 1 fully saturated rings. The first-order valence-electron chi connectivity index (χ1n) is 11.3. The van der Waals surface area contributed by atoms with Crippen LogP contribution in [0.25, 0.3) is 17.1 Å². The average molecular weight is 499 g/mol. The highest BCUT2D eigenvalue weighted by Crippen LogP contribution is 2.30. The highest BCUT2D eigenvalue weighted by atomic mass is 32.2. The SMILES string of the molecule is CN(C(=O)CSc1nnc(-c2ccc(C(C)(C)C)cc2)n1-c1ccccc1)C1CCS(=O)(=O)C1. The van der Waals surface area contributed by atoms with Crippen molar-refractivity contribution in [2.45, 2.75) is 43.8 Å². The Morgan fingerprint density at radius 1 is 1.09 bits per heavy atom. The molecule has 7 nitrogen and oxygen atoms in total. The Bertz CT molecular complexity index is 1260. The molecule has 1 aliphatic heterocycles. The molecule has 180 valence electrons. The number of hydrogen-bond acceptors (Lipinski definition) is 6. The summed E-state index contributed by atoms with van der Waals surface area (Å²) in [7, 11) is -1.37. The number of nitrogens with zero attached hydrogens (tertiary/aromatic N) is 4. The minimum absolute atomic E-state index is 0.0365. The Morgan fingerprint density at radius 2 is 1.76 bits per heavy atom. The predicted octanol–water partition coefficient (Wildman–Crippen LogP) is 3.97. The fourth-order valence-corrected chi connectivity index (χ4v) is 6.64. The standard InChI is InChI=1S/C25H30N4O3S2/c1-25(2,3)19-12-10-18(11-13-19)23-26-27-24(29(23)20-8-6-5-7-9-20)33-16-22(30)28(4)21-14-15-34(31,32)17-21/h5-13,21H,14-17H2,1-4H3. The third-order valence-corrected chi connectivity index (χ3v) is 8.80. The summed E-state index contributed by atoms with van der Waals surface area (Å²) < 4.78 is 25.6. The summed E-state index contributed by atoms with van der Waals surface area (Å²) in [6.07, 6.45) is 0.490. The van der Waals surface area contributed by atoms with Gasteiger partial charge in [0.1, 0.15) is 0 Å². The van der Waals surface area contributed by atoms with Crippen molar-refractivity contribution in [1.29, 1.82) is 0 Å². The molecule has 2 heterocycles. The number of carbonyl (C=O) groups is 1. The number of rotatable bonds is 6. The Hall–Kier alpha value is -2.65. The molecule has 0 saturated carbocycles. The molecule has 34 heavy (non-hydrogen) atoms. The summed E-state index contributed by atoms with van der Waals surface area (Å²) in [5, 5.41) is 9.48. The van der Waals surface area contributed by atoms with Crippen molar-refractivity contribution in [2.24, 2.45) is 0 Å². The molecule has 2 aromatic carbocycles. The van der Waals surface area contributed by atoms with Gasteiger partial charge in [0.25, 0.3) is 0 Å². The van der Waals surface area contributed by atoms with E-state index in [9.17, 15) is 13.2 Å². The minimum Gasteiger partial charge on any atom is -0.341 e. The van der Waals surface area contributed by atoms with Crippen molar-refractivity contribution < 1.29 is 13.2 Å². The number of sulfone groups is 1. The van der Waals surface area contributed by atoms with Crippen LogP contribution in [0, 0.1) is 0 Å². The first kappa shape index (κ1) is 24.5. The Kier molecular flexibility index (Phi) is 6.87. The molecule has 1 amide bonds. The summed E-state index contributed by atoms with van der Waals surface area (Å²) in [6.45, 7) is 6.54. The maximum absolute atomic E-state index is 12.8. The van der Waals surface area contributed by atoms with E-state index >= 15 is 0 Å². The van der Waals surface area contributed by atoms with Gasteiger partial charge in [0.15, 0.2) is 20.8 Å². The van der Waals surface area contributed by atoms with E-state index < -0.39 is 9.84 Å². The van der Waals surface area contributed by atoms with Gasteiger partial charge in [-0.15, -0.1) is 10.2 Å². The molecule has 0 bridgehead atoms. The van der Waals surface area contributed by atoms with Gasteiger partial charge >= 0.3 is 0 Å². The van der Waals surface area contributed by atoms with Crippen LogP contribution < -0.4 is 0 Å². The number of aromatic nitrogens is 3. The van der Waals surface area contributed by atoms with Crippen LogP contribution in [0.4, 0.5) is 0 Å². The van der Waals surface area contributed by atoms with Gasteiger partial charge in [0.05, 0.1) is 17.3 Å². The van der Waals surface area contributed by atoms with Crippen LogP contribution in [-0.2, 0) is 20.0 Å². The van der Waals surface area contributed by atoms with Crippen LogP contribution in [0.2, 0.25) is 0 Å². The highest BCUT2D eigenvalue weighted by Gasteiger charge is 2.32. The summed E-state index contributed by atoms with van der Waals surface area (Å²) in [4.78, 5) is 14.4. The molecule has 1 atom stereocenters. The van der Waals surface area contributed by atoms with Crippen LogP contribution in [0.3, 0.4) is 0 Å². The lowest BCUT2D eigenvalue weighted by Crippen LogP contribution is -2.38. The number of thioether (sulfide) groups is 1. The monoisotopic (exact) mass is 498 g/mol. The van der Waals surface area contributed by atoms with Crippen molar-refractivity contribution in [2.75, 3.05) is 24.3 Å². The molecule has 0 N–H and O–H groups in total. The summed E-state index contributed by atoms with van der Waals surface area (Å²) in [5.74, 6) is 0.917. The topological polar surface area (TPSA) is 85.2 Å². The van der Waals surface area contributed by atoms with Gasteiger partial charge in [-0.1, -0.05) is 75.0 Å². The van der Waals surface area contributed by atoms with Gasteiger partial charge in [0, 0.05) is 24.3 Å². The molecule has 0 radical (unpaired) electrons. The van der Waals surface area contributed by atoms with Crippen molar-refractivity contribution in [3.8, 4) is 17.1 Å². The minimum atomic E-state index is -3.05. The number of carbonyl (C=O) groups excluding carboxylic acids is 1. The molecule has 1 aromatic heterocycles. The zero-order chi connectivity index (χ0) is 24.5. The van der Waals surface area contributed by atoms with E-state index in [4.69, 9.17) is 0 Å². The van der Waals surface area contributed by atoms with Crippen molar-refractivity contribution in [3.05, 3.63) is 60.2 Å². The van der Waals surface area contributed by atoms with E-state index in [0.29, 0.717) is 17.4 Å². The normalized spacial score (nSPS) is 17.6. The van der Waals surface area contributed by atoms with E-state index in [1.807, 2.05) is 34.9 Å². The zero-order valence-electron chi connectivity index (χ0n) is 19.9. The maximum atomic E-state index is 12.8. The van der Waals surface area contributed by atoms with E-state index in [1.165, 1.54) is 17.3 Å². The molecule has 4 rings (SSSR count). The number of hydrogen-bond donors (Lipinski definition) is 0. The van der Waals surface area contributed by atoms with E-state index in [2.05, 4.69) is 55.2 Å². The lowest BCUT2D eigenvalue weighted by molar-refractivity contribution is -0.128. The first-order chi connectivity index (χ1) is 16.0. The van der Waals surface area contributed by atoms with Crippen molar-refractivity contribution >= 4 is 27.5 Å². The molecule has 1 unspecified atom stereocenters. The second kappa shape index (κ2) is 9.54. The number of benzene rings is 2. The fraction of sp³-hybridized carbons (Fsp3) is 0.400. The predicted molar refractivity (Wildman–Crippen MR) is 136 cm³/mol. The van der Waals surface area contributed by atoms with Gasteiger partial charge in [-0.25, -0.2) is 8.42 Å². The molecule has 9 heteroatoms. The van der Waals surface area contributed by atoms with E-state index in [-0.39, 0.29) is 34.6 Å². The summed E-state index contributed by atoms with van der Waals surface area (Å²) in [5.41, 5.74) is 3.14. The largest absolute Gasteiger partial charge is 0.341 e.